The predicted octanol–water partition coefficient (Wildman–Crippen LogP) is 8.34. The van der Waals surface area contributed by atoms with Crippen LogP contribution in [0.15, 0.2) is 138 Å². The molecule has 3 aromatic rings. The van der Waals surface area contributed by atoms with E-state index in [1.807, 2.05) is 48.5 Å². The summed E-state index contributed by atoms with van der Waals surface area (Å²) in [6.07, 6.45) is 12.4. The number of benzene rings is 3. The molecule has 2 nitrogen and oxygen atoms in total. The minimum atomic E-state index is -1.29. The molecule has 1 N–H and O–H groups in total. The molecule has 0 aliphatic heterocycles. The molecule has 0 aromatic heterocycles. The topological polar surface area (TPSA) is 23.5 Å². The Morgan fingerprint density at radius 3 is 2.00 bits per heavy atom. The molecule has 0 saturated carbocycles. The van der Waals surface area contributed by atoms with Crippen LogP contribution in [0.25, 0.3) is 0 Å². The number of allylic oxidation sites excluding steroid dienone is 4. The van der Waals surface area contributed by atoms with Crippen molar-refractivity contribution >= 4 is 24.0 Å². The summed E-state index contributed by atoms with van der Waals surface area (Å²) >= 11 is 4.72. The number of rotatable bonds is 6. The molecule has 0 saturated heterocycles. The Balaban J connectivity index is 1.83. The normalized spacial score (nSPS) is 23.2. The van der Waals surface area contributed by atoms with Crippen LogP contribution in [-0.4, -0.2) is 5.11 Å². The molecule has 2 aliphatic carbocycles. The highest BCUT2D eigenvalue weighted by atomic mass is 32.1. The van der Waals surface area contributed by atoms with Crippen LogP contribution in [0.3, 0.4) is 0 Å². The fourth-order valence-corrected chi connectivity index (χ4v) is 5.98. The maximum absolute atomic E-state index is 13.1. The Morgan fingerprint density at radius 1 is 0.861 bits per heavy atom. The monoisotopic (exact) mass is 491 g/mol. The van der Waals surface area contributed by atoms with Crippen molar-refractivity contribution in [3.63, 3.8) is 0 Å². The highest BCUT2D eigenvalue weighted by molar-refractivity contribution is 7.84. The SMILES string of the molecule is CC1C=CC(S)=CC1(C)C(O)(C1=C(N(c2ccccc2)c2ccccc2)CCC=C1)c1ccccc1. The number of hydrogen-bond donors (Lipinski definition) is 2. The molecular formula is C33H33NOS. The lowest BCUT2D eigenvalue weighted by atomic mass is 9.58. The zero-order chi connectivity index (χ0) is 25.2. The molecule has 0 bridgehead atoms. The first kappa shape index (κ1) is 24.4. The van der Waals surface area contributed by atoms with Gasteiger partial charge in [-0.1, -0.05) is 111 Å². The summed E-state index contributed by atoms with van der Waals surface area (Å²) in [5, 5.41) is 13.1. The second kappa shape index (κ2) is 10.0. The van der Waals surface area contributed by atoms with Gasteiger partial charge in [0, 0.05) is 33.0 Å². The molecule has 3 aromatic carbocycles. The minimum Gasteiger partial charge on any atom is -0.379 e. The van der Waals surface area contributed by atoms with Crippen LogP contribution in [0, 0.1) is 11.3 Å². The second-order valence-corrected chi connectivity index (χ2v) is 10.4. The first-order valence-electron chi connectivity index (χ1n) is 12.6. The van der Waals surface area contributed by atoms with Gasteiger partial charge in [0.05, 0.1) is 0 Å². The zero-order valence-corrected chi connectivity index (χ0v) is 21.8. The minimum absolute atomic E-state index is 0.0876. The van der Waals surface area contributed by atoms with Crippen molar-refractivity contribution in [3.05, 3.63) is 143 Å². The van der Waals surface area contributed by atoms with E-state index < -0.39 is 11.0 Å². The average molecular weight is 492 g/mol. The van der Waals surface area contributed by atoms with E-state index in [9.17, 15) is 5.11 Å². The van der Waals surface area contributed by atoms with Crippen molar-refractivity contribution in [1.82, 2.24) is 0 Å². The van der Waals surface area contributed by atoms with Gasteiger partial charge in [-0.3, -0.25) is 0 Å². The summed E-state index contributed by atoms with van der Waals surface area (Å²) in [6, 6.07) is 31.0. The summed E-state index contributed by atoms with van der Waals surface area (Å²) in [7, 11) is 0. The Labute approximate surface area is 220 Å². The Bertz CT molecular complexity index is 1290. The van der Waals surface area contributed by atoms with Crippen LogP contribution in [0.1, 0.15) is 32.3 Å². The lowest BCUT2D eigenvalue weighted by molar-refractivity contribution is -0.0408. The van der Waals surface area contributed by atoms with Gasteiger partial charge in [-0.05, 0) is 48.6 Å². The smallest absolute Gasteiger partial charge is 0.126 e. The molecule has 0 heterocycles. The lowest BCUT2D eigenvalue weighted by Crippen LogP contribution is -2.49. The average Bonchev–Trinajstić information content (AvgIpc) is 2.92. The third-order valence-electron chi connectivity index (χ3n) is 7.75. The first-order chi connectivity index (χ1) is 17.4. The third kappa shape index (κ3) is 4.17. The molecular weight excluding hydrogens is 458 g/mol. The highest BCUT2D eigenvalue weighted by Gasteiger charge is 2.53. The van der Waals surface area contributed by atoms with Crippen molar-refractivity contribution in [2.45, 2.75) is 32.3 Å². The van der Waals surface area contributed by atoms with Gasteiger partial charge in [0.15, 0.2) is 0 Å². The zero-order valence-electron chi connectivity index (χ0n) is 20.9. The molecule has 5 rings (SSSR count). The third-order valence-corrected chi connectivity index (χ3v) is 8.03. The number of anilines is 2. The summed E-state index contributed by atoms with van der Waals surface area (Å²) in [5.74, 6) is 0.0876. The number of thiol groups is 1. The van der Waals surface area contributed by atoms with E-state index in [2.05, 4.69) is 91.6 Å². The number of aliphatic hydroxyl groups is 1. The number of hydrogen-bond acceptors (Lipinski definition) is 3. The van der Waals surface area contributed by atoms with Crippen LogP contribution in [-0.2, 0) is 5.60 Å². The first-order valence-corrected chi connectivity index (χ1v) is 13.1. The van der Waals surface area contributed by atoms with Crippen molar-refractivity contribution < 1.29 is 5.11 Å². The van der Waals surface area contributed by atoms with E-state index in [4.69, 9.17) is 12.6 Å². The maximum Gasteiger partial charge on any atom is 0.126 e. The van der Waals surface area contributed by atoms with Crippen LogP contribution < -0.4 is 4.90 Å². The van der Waals surface area contributed by atoms with E-state index in [0.717, 1.165) is 46.0 Å². The second-order valence-electron chi connectivity index (χ2n) is 9.88. The van der Waals surface area contributed by atoms with E-state index in [-0.39, 0.29) is 5.92 Å². The van der Waals surface area contributed by atoms with Gasteiger partial charge in [-0.2, -0.15) is 0 Å². The van der Waals surface area contributed by atoms with E-state index in [1.165, 1.54) is 0 Å². The number of para-hydroxylation sites is 2. The number of nitrogens with zero attached hydrogens (tertiary/aromatic N) is 1. The van der Waals surface area contributed by atoms with E-state index in [1.54, 1.807) is 0 Å². The Kier molecular flexibility index (Phi) is 6.79. The molecule has 0 radical (unpaired) electrons. The Hall–Kier alpha value is -3.27. The van der Waals surface area contributed by atoms with Crippen molar-refractivity contribution in [1.29, 1.82) is 0 Å². The van der Waals surface area contributed by atoms with Gasteiger partial charge in [-0.25, -0.2) is 0 Å². The van der Waals surface area contributed by atoms with Crippen LogP contribution in [0.5, 0.6) is 0 Å². The van der Waals surface area contributed by atoms with Gasteiger partial charge in [0.25, 0.3) is 0 Å². The molecule has 182 valence electrons. The van der Waals surface area contributed by atoms with Crippen LogP contribution in [0.4, 0.5) is 11.4 Å². The van der Waals surface area contributed by atoms with Crippen LogP contribution in [0.2, 0.25) is 0 Å². The molecule has 3 unspecified atom stereocenters. The standard InChI is InChI=1S/C33H33NOS/c1-25-22-23-29(36)24-32(25,2)33(35,26-14-6-3-7-15-26)30-20-12-13-21-31(30)34(27-16-8-4-9-17-27)28-18-10-5-11-19-28/h3-12,14-20,22-25,35-36H,13,21H2,1-2H3. The fourth-order valence-electron chi connectivity index (χ4n) is 5.63. The lowest BCUT2D eigenvalue weighted by Gasteiger charge is -2.50. The maximum atomic E-state index is 13.1. The molecule has 0 amide bonds. The largest absolute Gasteiger partial charge is 0.379 e. The predicted molar refractivity (Wildman–Crippen MR) is 154 cm³/mol. The molecule has 2 aliphatic rings. The fraction of sp³-hybridized carbons (Fsp3) is 0.212. The molecule has 3 heteroatoms. The van der Waals surface area contributed by atoms with Crippen molar-refractivity contribution in [2.75, 3.05) is 4.90 Å². The molecule has 3 atom stereocenters. The Morgan fingerprint density at radius 2 is 1.42 bits per heavy atom. The summed E-state index contributed by atoms with van der Waals surface area (Å²) in [4.78, 5) is 3.18. The van der Waals surface area contributed by atoms with Gasteiger partial charge < -0.3 is 10.0 Å². The van der Waals surface area contributed by atoms with Crippen molar-refractivity contribution in [3.8, 4) is 0 Å². The summed E-state index contributed by atoms with van der Waals surface area (Å²) in [6.45, 7) is 4.34. The molecule has 0 spiro atoms. The van der Waals surface area contributed by atoms with Gasteiger partial charge in [0.1, 0.15) is 5.60 Å². The van der Waals surface area contributed by atoms with Gasteiger partial charge in [-0.15, -0.1) is 12.6 Å². The summed E-state index contributed by atoms with van der Waals surface area (Å²) < 4.78 is 0. The van der Waals surface area contributed by atoms with Gasteiger partial charge in [0.2, 0.25) is 0 Å². The van der Waals surface area contributed by atoms with E-state index >= 15 is 0 Å². The quantitative estimate of drug-likeness (QED) is 0.339. The van der Waals surface area contributed by atoms with Crippen molar-refractivity contribution in [2.24, 2.45) is 11.3 Å². The molecule has 36 heavy (non-hydrogen) atoms. The molecule has 0 fully saturated rings. The highest BCUT2D eigenvalue weighted by Crippen LogP contribution is 2.56. The summed E-state index contributed by atoms with van der Waals surface area (Å²) in [5.41, 5.74) is 3.16. The van der Waals surface area contributed by atoms with E-state index in [0.29, 0.717) is 0 Å². The van der Waals surface area contributed by atoms with Gasteiger partial charge >= 0.3 is 0 Å². The van der Waals surface area contributed by atoms with Crippen LogP contribution >= 0.6 is 12.6 Å².